The molecule has 1 aliphatic carbocycles. The number of esters is 1. The highest BCUT2D eigenvalue weighted by molar-refractivity contribution is 5.85. The van der Waals surface area contributed by atoms with Gasteiger partial charge in [-0.3, -0.25) is 14.9 Å². The number of carboxylic acids is 1. The lowest BCUT2D eigenvalue weighted by Gasteiger charge is -2.23. The first-order valence-corrected chi connectivity index (χ1v) is 4.95. The van der Waals surface area contributed by atoms with Gasteiger partial charge in [0.25, 0.3) is 0 Å². The van der Waals surface area contributed by atoms with Crippen LogP contribution in [0.5, 0.6) is 0 Å². The van der Waals surface area contributed by atoms with E-state index in [2.05, 4.69) is 5.32 Å². The molecule has 0 aliphatic heterocycles. The second kappa shape index (κ2) is 3.81. The summed E-state index contributed by atoms with van der Waals surface area (Å²) in [6, 6.07) is 0. The zero-order valence-corrected chi connectivity index (χ0v) is 9.29. The zero-order chi connectivity index (χ0) is 11.7. The van der Waals surface area contributed by atoms with Crippen LogP contribution in [0, 0.1) is 0 Å². The van der Waals surface area contributed by atoms with E-state index in [0.29, 0.717) is 12.8 Å². The second-order valence-corrected chi connectivity index (χ2v) is 4.83. The Labute approximate surface area is 88.8 Å². The summed E-state index contributed by atoms with van der Waals surface area (Å²) in [4.78, 5) is 22.0. The Hall–Kier alpha value is -1.10. The highest BCUT2D eigenvalue weighted by atomic mass is 16.6. The first-order valence-electron chi connectivity index (χ1n) is 4.95. The van der Waals surface area contributed by atoms with Gasteiger partial charge in [0.2, 0.25) is 0 Å². The van der Waals surface area contributed by atoms with Crippen LogP contribution in [0.3, 0.4) is 0 Å². The van der Waals surface area contributed by atoms with Crippen molar-refractivity contribution < 1.29 is 19.4 Å². The lowest BCUT2D eigenvalue weighted by molar-refractivity contribution is -0.159. The summed E-state index contributed by atoms with van der Waals surface area (Å²) in [7, 11) is 0. The molecule has 0 spiro atoms. The highest BCUT2D eigenvalue weighted by Crippen LogP contribution is 2.37. The third-order valence-corrected chi connectivity index (χ3v) is 2.12. The molecule has 1 rings (SSSR count). The molecule has 0 aromatic rings. The Morgan fingerprint density at radius 1 is 1.40 bits per heavy atom. The maximum atomic E-state index is 11.7. The summed E-state index contributed by atoms with van der Waals surface area (Å²) in [6.45, 7) is 5.16. The molecule has 0 amide bonds. The lowest BCUT2D eigenvalue weighted by Crippen LogP contribution is -2.45. The number of carbonyl (C=O) groups is 2. The van der Waals surface area contributed by atoms with Crippen molar-refractivity contribution >= 4 is 11.9 Å². The molecular weight excluding hydrogens is 198 g/mol. The molecule has 86 valence electrons. The SMILES string of the molecule is CC(C)(C)OC(=O)C1(NCC(=O)O)CC1. The fourth-order valence-electron chi connectivity index (χ4n) is 1.20. The van der Waals surface area contributed by atoms with Crippen molar-refractivity contribution in [1.82, 2.24) is 5.32 Å². The van der Waals surface area contributed by atoms with Crippen LogP contribution in [0.4, 0.5) is 0 Å². The molecule has 5 nitrogen and oxygen atoms in total. The normalized spacial score (nSPS) is 18.3. The third kappa shape index (κ3) is 3.51. The van der Waals surface area contributed by atoms with Gasteiger partial charge in [-0.15, -0.1) is 0 Å². The van der Waals surface area contributed by atoms with Crippen LogP contribution in [0.25, 0.3) is 0 Å². The Balaban J connectivity index is 2.48. The predicted molar refractivity (Wildman–Crippen MR) is 53.4 cm³/mol. The number of aliphatic carboxylic acids is 1. The minimum atomic E-state index is -0.968. The summed E-state index contributed by atoms with van der Waals surface area (Å²) in [5.41, 5.74) is -1.27. The molecule has 0 heterocycles. The predicted octanol–water partition coefficient (Wildman–Crippen LogP) is 0.535. The molecule has 1 fully saturated rings. The number of rotatable bonds is 4. The Bertz CT molecular complexity index is 276. The van der Waals surface area contributed by atoms with Gasteiger partial charge >= 0.3 is 11.9 Å². The van der Waals surface area contributed by atoms with E-state index in [-0.39, 0.29) is 12.5 Å². The number of nitrogens with one attached hydrogen (secondary N) is 1. The van der Waals surface area contributed by atoms with Gasteiger partial charge in [-0.2, -0.15) is 0 Å². The zero-order valence-electron chi connectivity index (χ0n) is 9.29. The molecular formula is C10H17NO4. The van der Waals surface area contributed by atoms with Crippen molar-refractivity contribution in [2.75, 3.05) is 6.54 Å². The topological polar surface area (TPSA) is 75.6 Å². The van der Waals surface area contributed by atoms with Gasteiger partial charge in [-0.1, -0.05) is 0 Å². The summed E-state index contributed by atoms with van der Waals surface area (Å²) in [5, 5.41) is 11.2. The molecule has 0 saturated heterocycles. The van der Waals surface area contributed by atoms with E-state index in [1.807, 2.05) is 0 Å². The van der Waals surface area contributed by atoms with E-state index < -0.39 is 17.1 Å². The fraction of sp³-hybridized carbons (Fsp3) is 0.800. The van der Waals surface area contributed by atoms with Gasteiger partial charge in [0, 0.05) is 0 Å². The van der Waals surface area contributed by atoms with E-state index in [0.717, 1.165) is 0 Å². The highest BCUT2D eigenvalue weighted by Gasteiger charge is 2.52. The molecule has 1 aliphatic rings. The Morgan fingerprint density at radius 2 is 1.93 bits per heavy atom. The van der Waals surface area contributed by atoms with E-state index in [1.54, 1.807) is 20.8 Å². The van der Waals surface area contributed by atoms with Crippen LogP contribution >= 0.6 is 0 Å². The van der Waals surface area contributed by atoms with Crippen molar-refractivity contribution in [2.24, 2.45) is 0 Å². The molecule has 0 unspecified atom stereocenters. The summed E-state index contributed by atoms with van der Waals surface area (Å²) in [6.07, 6.45) is 1.30. The second-order valence-electron chi connectivity index (χ2n) is 4.83. The maximum absolute atomic E-state index is 11.7. The van der Waals surface area contributed by atoms with Crippen LogP contribution in [0.15, 0.2) is 0 Å². The lowest BCUT2D eigenvalue weighted by atomic mass is 10.2. The molecule has 0 atom stereocenters. The molecule has 0 bridgehead atoms. The molecule has 0 aromatic heterocycles. The average Bonchev–Trinajstić information content (AvgIpc) is 2.77. The van der Waals surface area contributed by atoms with Gasteiger partial charge in [0.1, 0.15) is 11.1 Å². The number of ether oxygens (including phenoxy) is 1. The van der Waals surface area contributed by atoms with Crippen molar-refractivity contribution in [3.63, 3.8) is 0 Å². The first-order chi connectivity index (χ1) is 6.75. The van der Waals surface area contributed by atoms with Gasteiger partial charge < -0.3 is 9.84 Å². The van der Waals surface area contributed by atoms with Gasteiger partial charge in [0.05, 0.1) is 6.54 Å². The van der Waals surface area contributed by atoms with Gasteiger partial charge in [-0.05, 0) is 33.6 Å². The van der Waals surface area contributed by atoms with E-state index >= 15 is 0 Å². The van der Waals surface area contributed by atoms with Crippen molar-refractivity contribution in [3.8, 4) is 0 Å². The quantitative estimate of drug-likeness (QED) is 0.669. The number of carboxylic acid groups (broad SMARTS) is 1. The smallest absolute Gasteiger partial charge is 0.326 e. The molecule has 5 heteroatoms. The van der Waals surface area contributed by atoms with Gasteiger partial charge in [-0.25, -0.2) is 0 Å². The van der Waals surface area contributed by atoms with E-state index in [1.165, 1.54) is 0 Å². The summed E-state index contributed by atoms with van der Waals surface area (Å²) >= 11 is 0. The standard InChI is InChI=1S/C10H17NO4/c1-9(2,3)15-8(14)10(4-5-10)11-6-7(12)13/h11H,4-6H2,1-3H3,(H,12,13). The van der Waals surface area contributed by atoms with Crippen LogP contribution in [0.2, 0.25) is 0 Å². The number of hydrogen-bond acceptors (Lipinski definition) is 4. The number of carbonyl (C=O) groups excluding carboxylic acids is 1. The van der Waals surface area contributed by atoms with Crippen LogP contribution in [-0.4, -0.2) is 34.7 Å². The minimum Gasteiger partial charge on any atom is -0.480 e. The number of hydrogen-bond donors (Lipinski definition) is 2. The Kier molecular flexibility index (Phi) is 3.04. The van der Waals surface area contributed by atoms with E-state index in [4.69, 9.17) is 9.84 Å². The Morgan fingerprint density at radius 3 is 2.27 bits per heavy atom. The summed E-state index contributed by atoms with van der Waals surface area (Å²) < 4.78 is 5.20. The van der Waals surface area contributed by atoms with Crippen LogP contribution < -0.4 is 5.32 Å². The molecule has 0 radical (unpaired) electrons. The third-order valence-electron chi connectivity index (χ3n) is 2.12. The van der Waals surface area contributed by atoms with Crippen molar-refractivity contribution in [2.45, 2.75) is 44.8 Å². The van der Waals surface area contributed by atoms with Gasteiger partial charge in [0.15, 0.2) is 0 Å². The molecule has 2 N–H and O–H groups in total. The summed E-state index contributed by atoms with van der Waals surface area (Å²) in [5.74, 6) is -1.32. The van der Waals surface area contributed by atoms with Crippen molar-refractivity contribution in [3.05, 3.63) is 0 Å². The van der Waals surface area contributed by atoms with Crippen LogP contribution in [0.1, 0.15) is 33.6 Å². The van der Waals surface area contributed by atoms with E-state index in [9.17, 15) is 9.59 Å². The average molecular weight is 215 g/mol. The molecule has 1 saturated carbocycles. The largest absolute Gasteiger partial charge is 0.480 e. The maximum Gasteiger partial charge on any atom is 0.326 e. The monoisotopic (exact) mass is 215 g/mol. The molecule has 0 aromatic carbocycles. The van der Waals surface area contributed by atoms with Crippen molar-refractivity contribution in [1.29, 1.82) is 0 Å². The first kappa shape index (κ1) is 12.0. The fourth-order valence-corrected chi connectivity index (χ4v) is 1.20. The molecule has 15 heavy (non-hydrogen) atoms. The van der Waals surface area contributed by atoms with Crippen LogP contribution in [-0.2, 0) is 14.3 Å². The minimum absolute atomic E-state index is 0.209.